The molecule has 222 valence electrons. The van der Waals surface area contributed by atoms with Crippen LogP contribution in [0.4, 0.5) is 17.5 Å². The zero-order valence-electron chi connectivity index (χ0n) is 24.4. The molecule has 11 nitrogen and oxygen atoms in total. The summed E-state index contributed by atoms with van der Waals surface area (Å²) in [6.45, 7) is 4.54. The Morgan fingerprint density at radius 3 is 2.63 bits per heavy atom. The lowest BCUT2D eigenvalue weighted by Gasteiger charge is -2.27. The van der Waals surface area contributed by atoms with Gasteiger partial charge in [0.1, 0.15) is 16.0 Å². The van der Waals surface area contributed by atoms with Crippen LogP contribution in [-0.2, 0) is 4.74 Å². The van der Waals surface area contributed by atoms with E-state index in [1.807, 2.05) is 29.3 Å². The number of rotatable bonds is 6. The fourth-order valence-corrected chi connectivity index (χ4v) is 6.97. The first kappa shape index (κ1) is 27.5. The Bertz CT molecular complexity index is 1900. The molecule has 5 aromatic rings. The summed E-state index contributed by atoms with van der Waals surface area (Å²) in [6, 6.07) is 5.70. The van der Waals surface area contributed by atoms with Crippen molar-refractivity contribution in [1.82, 2.24) is 24.4 Å². The molecule has 0 bridgehead atoms. The summed E-state index contributed by atoms with van der Waals surface area (Å²) in [6.07, 6.45) is 7.85. The van der Waals surface area contributed by atoms with E-state index in [4.69, 9.17) is 19.1 Å². The minimum atomic E-state index is -0.0553. The van der Waals surface area contributed by atoms with Gasteiger partial charge in [0.15, 0.2) is 11.5 Å². The molecule has 0 unspecified atom stereocenters. The first-order valence-electron chi connectivity index (χ1n) is 14.6. The number of amides is 1. The van der Waals surface area contributed by atoms with Gasteiger partial charge in [-0.05, 0) is 37.5 Å². The SMILES string of the molecule is Cc1cc(Nc2ncc3cc(C(=O)N(C)C)n(C4CCCC4)c3n2)cnc1-c1csc2c(=O)cc(N3CCOCC3)oc12. The summed E-state index contributed by atoms with van der Waals surface area (Å²) < 4.78 is 14.4. The maximum atomic E-state index is 13.0. The molecule has 1 saturated heterocycles. The predicted molar refractivity (Wildman–Crippen MR) is 168 cm³/mol. The molecule has 1 amide bonds. The molecule has 1 aliphatic heterocycles. The van der Waals surface area contributed by atoms with E-state index in [1.165, 1.54) is 11.3 Å². The van der Waals surface area contributed by atoms with Crippen LogP contribution in [0.2, 0.25) is 0 Å². The Hall–Kier alpha value is -4.29. The molecular weight excluding hydrogens is 566 g/mol. The highest BCUT2D eigenvalue weighted by Gasteiger charge is 2.27. The van der Waals surface area contributed by atoms with Gasteiger partial charge in [0, 0.05) is 56.3 Å². The lowest BCUT2D eigenvalue weighted by atomic mass is 10.1. The first-order valence-corrected chi connectivity index (χ1v) is 15.5. The normalized spacial score (nSPS) is 15.9. The highest BCUT2D eigenvalue weighted by molar-refractivity contribution is 7.17. The summed E-state index contributed by atoms with van der Waals surface area (Å²) in [5, 5.41) is 6.08. The molecular formula is C31H33N7O4S. The lowest BCUT2D eigenvalue weighted by Crippen LogP contribution is -2.36. The topological polar surface area (TPSA) is 119 Å². The number of anilines is 3. The second-order valence-corrected chi connectivity index (χ2v) is 12.3. The molecule has 2 fully saturated rings. The van der Waals surface area contributed by atoms with Gasteiger partial charge in [-0.25, -0.2) is 4.98 Å². The van der Waals surface area contributed by atoms with Gasteiger partial charge in [0.2, 0.25) is 11.4 Å². The van der Waals surface area contributed by atoms with Crippen molar-refractivity contribution in [3.8, 4) is 11.3 Å². The number of carbonyl (C=O) groups excluding carboxylic acids is 1. The standard InChI is InChI=1S/C31H33N7O4S/c1-18-12-20(16-32-26(18)22-17-43-28-24(39)14-25(42-27(22)28)37-8-10-41-11-9-37)34-31-33-15-19-13-23(30(40)36(2)3)38(29(19)35-31)21-6-4-5-7-21/h12-17,21H,4-11H2,1-3H3,(H,33,34,35). The van der Waals surface area contributed by atoms with E-state index in [9.17, 15) is 9.59 Å². The fraction of sp³-hybridized carbons (Fsp3) is 0.387. The summed E-state index contributed by atoms with van der Waals surface area (Å²) in [4.78, 5) is 43.8. The number of pyridine rings is 1. The fourth-order valence-electron chi connectivity index (χ4n) is 6.08. The third-order valence-electron chi connectivity index (χ3n) is 8.23. The van der Waals surface area contributed by atoms with Crippen molar-refractivity contribution >= 4 is 56.1 Å². The van der Waals surface area contributed by atoms with Crippen LogP contribution in [0.5, 0.6) is 0 Å². The van der Waals surface area contributed by atoms with Crippen LogP contribution in [0.15, 0.2) is 45.2 Å². The van der Waals surface area contributed by atoms with Crippen molar-refractivity contribution in [3.05, 3.63) is 57.5 Å². The number of hydrogen-bond donors (Lipinski definition) is 1. The molecule has 43 heavy (non-hydrogen) atoms. The second kappa shape index (κ2) is 11.1. The molecule has 2 aliphatic rings. The monoisotopic (exact) mass is 599 g/mol. The Kier molecular flexibility index (Phi) is 7.10. The molecule has 0 atom stereocenters. The predicted octanol–water partition coefficient (Wildman–Crippen LogP) is 5.37. The number of hydrogen-bond acceptors (Lipinski definition) is 10. The Labute approximate surface area is 252 Å². The van der Waals surface area contributed by atoms with E-state index >= 15 is 0 Å². The van der Waals surface area contributed by atoms with Crippen LogP contribution in [-0.4, -0.2) is 70.7 Å². The van der Waals surface area contributed by atoms with Crippen molar-refractivity contribution in [2.45, 2.75) is 38.6 Å². The highest BCUT2D eigenvalue weighted by atomic mass is 32.1. The van der Waals surface area contributed by atoms with Crippen LogP contribution in [0.1, 0.15) is 47.8 Å². The number of carbonyl (C=O) groups is 1. The Morgan fingerprint density at radius 1 is 1.09 bits per heavy atom. The number of fused-ring (bicyclic) bond motifs is 2. The number of nitrogens with zero attached hydrogens (tertiary/aromatic N) is 6. The van der Waals surface area contributed by atoms with E-state index in [1.54, 1.807) is 37.5 Å². The molecule has 1 N–H and O–H groups in total. The molecule has 0 spiro atoms. The number of aromatic nitrogens is 4. The molecule has 12 heteroatoms. The molecule has 6 heterocycles. The maximum Gasteiger partial charge on any atom is 0.270 e. The number of nitrogens with one attached hydrogen (secondary N) is 1. The van der Waals surface area contributed by atoms with E-state index in [2.05, 4.69) is 14.9 Å². The second-order valence-electron chi connectivity index (χ2n) is 11.4. The van der Waals surface area contributed by atoms with E-state index in [0.717, 1.165) is 59.2 Å². The van der Waals surface area contributed by atoms with Gasteiger partial charge >= 0.3 is 0 Å². The van der Waals surface area contributed by atoms with Gasteiger partial charge in [-0.15, -0.1) is 11.3 Å². The van der Waals surface area contributed by atoms with Gasteiger partial charge in [0.25, 0.3) is 5.91 Å². The van der Waals surface area contributed by atoms with E-state index in [-0.39, 0.29) is 17.4 Å². The van der Waals surface area contributed by atoms with Crippen molar-refractivity contribution in [3.63, 3.8) is 0 Å². The van der Waals surface area contributed by atoms with Crippen molar-refractivity contribution in [2.75, 3.05) is 50.6 Å². The first-order chi connectivity index (χ1) is 20.9. The third kappa shape index (κ3) is 5.04. The van der Waals surface area contributed by atoms with Crippen LogP contribution in [0.25, 0.3) is 32.6 Å². The zero-order chi connectivity index (χ0) is 29.7. The molecule has 7 rings (SSSR count). The van der Waals surface area contributed by atoms with E-state index < -0.39 is 0 Å². The summed E-state index contributed by atoms with van der Waals surface area (Å²) in [5.41, 5.74) is 5.09. The average molecular weight is 600 g/mol. The van der Waals surface area contributed by atoms with Gasteiger partial charge in [0.05, 0.1) is 36.4 Å². The van der Waals surface area contributed by atoms with Crippen LogP contribution < -0.4 is 15.6 Å². The van der Waals surface area contributed by atoms with Crippen LogP contribution >= 0.6 is 11.3 Å². The van der Waals surface area contributed by atoms with Crippen molar-refractivity contribution in [2.24, 2.45) is 0 Å². The van der Waals surface area contributed by atoms with Crippen LogP contribution in [0, 0.1) is 6.92 Å². The lowest BCUT2D eigenvalue weighted by molar-refractivity contribution is 0.0815. The molecule has 1 aliphatic carbocycles. The minimum absolute atomic E-state index is 0.0383. The van der Waals surface area contributed by atoms with Gasteiger partial charge in [-0.2, -0.15) is 4.98 Å². The quantitative estimate of drug-likeness (QED) is 0.275. The Morgan fingerprint density at radius 2 is 1.88 bits per heavy atom. The van der Waals surface area contributed by atoms with Gasteiger partial charge in [-0.1, -0.05) is 12.8 Å². The van der Waals surface area contributed by atoms with Crippen LogP contribution in [0.3, 0.4) is 0 Å². The van der Waals surface area contributed by atoms with Crippen molar-refractivity contribution < 1.29 is 13.9 Å². The summed E-state index contributed by atoms with van der Waals surface area (Å²) >= 11 is 1.37. The van der Waals surface area contributed by atoms with Gasteiger partial charge < -0.3 is 28.8 Å². The minimum Gasteiger partial charge on any atom is -0.439 e. The number of aryl methyl sites for hydroxylation is 1. The molecule has 1 saturated carbocycles. The number of thiophene rings is 1. The molecule has 5 aromatic heterocycles. The summed E-state index contributed by atoms with van der Waals surface area (Å²) in [7, 11) is 3.54. The maximum absolute atomic E-state index is 13.0. The summed E-state index contributed by atoms with van der Waals surface area (Å²) in [5.74, 6) is 0.954. The molecule has 0 radical (unpaired) electrons. The average Bonchev–Trinajstić information content (AvgIpc) is 3.76. The highest BCUT2D eigenvalue weighted by Crippen LogP contribution is 2.37. The van der Waals surface area contributed by atoms with Crippen molar-refractivity contribution in [1.29, 1.82) is 0 Å². The largest absolute Gasteiger partial charge is 0.439 e. The number of ether oxygens (including phenoxy) is 1. The number of morpholine rings is 1. The third-order valence-corrected chi connectivity index (χ3v) is 9.21. The molecule has 0 aromatic carbocycles. The van der Waals surface area contributed by atoms with Gasteiger partial charge in [-0.3, -0.25) is 14.6 Å². The smallest absolute Gasteiger partial charge is 0.270 e. The van der Waals surface area contributed by atoms with E-state index in [0.29, 0.717) is 54.1 Å². The zero-order valence-corrected chi connectivity index (χ0v) is 25.2. The Balaban J connectivity index is 1.21.